The largest absolute Gasteiger partial charge is 0.409 e. The fourth-order valence-electron chi connectivity index (χ4n) is 1.84. The maximum absolute atomic E-state index is 8.93. The number of amidine groups is 1. The Balaban J connectivity index is 2.42. The number of hydrogen-bond acceptors (Lipinski definition) is 4. The second-order valence-electron chi connectivity index (χ2n) is 4.83. The number of nitrogens with two attached hydrogens (primary N) is 1. The minimum absolute atomic E-state index is 0.119. The van der Waals surface area contributed by atoms with Gasteiger partial charge >= 0.3 is 0 Å². The number of nitrogens with zero attached hydrogens (tertiary/aromatic N) is 2. The summed E-state index contributed by atoms with van der Waals surface area (Å²) in [5.74, 6) is 1.77. The molecule has 1 aromatic heterocycles. The molecule has 106 valence electrons. The molecule has 4 nitrogen and oxygen atoms in total. The lowest BCUT2D eigenvalue weighted by molar-refractivity contribution is 0.318. The van der Waals surface area contributed by atoms with Crippen LogP contribution >= 0.6 is 11.8 Å². The zero-order valence-corrected chi connectivity index (χ0v) is 12.5. The van der Waals surface area contributed by atoms with E-state index in [1.54, 1.807) is 11.8 Å². The molecule has 20 heavy (non-hydrogen) atoms. The Morgan fingerprint density at radius 2 is 2.20 bits per heavy atom. The zero-order chi connectivity index (χ0) is 14.5. The van der Waals surface area contributed by atoms with Gasteiger partial charge in [0.1, 0.15) is 0 Å². The lowest BCUT2D eigenvalue weighted by Gasteiger charge is -2.10. The highest BCUT2D eigenvalue weighted by Gasteiger charge is 2.10. The summed E-state index contributed by atoms with van der Waals surface area (Å²) in [6.07, 6.45) is 1.15. The van der Waals surface area contributed by atoms with E-state index in [-0.39, 0.29) is 5.84 Å². The Morgan fingerprint density at radius 3 is 2.90 bits per heavy atom. The first-order valence-corrected chi connectivity index (χ1v) is 7.64. The molecule has 3 N–H and O–H groups in total. The van der Waals surface area contributed by atoms with Crippen LogP contribution in [0.4, 0.5) is 0 Å². The number of benzene rings is 1. The van der Waals surface area contributed by atoms with Gasteiger partial charge in [0.2, 0.25) is 0 Å². The van der Waals surface area contributed by atoms with Crippen LogP contribution < -0.4 is 5.73 Å². The van der Waals surface area contributed by atoms with Crippen molar-refractivity contribution < 1.29 is 5.21 Å². The molecule has 0 fully saturated rings. The standard InChI is InChI=1S/C15H19N3OS/c1-3-10(2)9-20-14-8-12(15(16)18-19)11-6-4-5-7-13(11)17-14/h4-8,10,19H,3,9H2,1-2H3,(H2,16,18). The topological polar surface area (TPSA) is 71.5 Å². The molecule has 1 heterocycles. The van der Waals surface area contributed by atoms with Crippen LogP contribution in [0.3, 0.4) is 0 Å². The van der Waals surface area contributed by atoms with E-state index < -0.39 is 0 Å². The molecule has 5 heteroatoms. The van der Waals surface area contributed by atoms with Crippen LogP contribution in [-0.4, -0.2) is 21.8 Å². The SMILES string of the molecule is CCC(C)CSc1cc(/C(N)=N/O)c2ccccc2n1. The van der Waals surface area contributed by atoms with Crippen molar-refractivity contribution in [3.63, 3.8) is 0 Å². The fraction of sp³-hybridized carbons (Fsp3) is 0.333. The molecular weight excluding hydrogens is 270 g/mol. The highest BCUT2D eigenvalue weighted by atomic mass is 32.2. The summed E-state index contributed by atoms with van der Waals surface area (Å²) in [5, 5.41) is 13.9. The van der Waals surface area contributed by atoms with E-state index in [2.05, 4.69) is 24.0 Å². The lowest BCUT2D eigenvalue weighted by atomic mass is 10.1. The van der Waals surface area contributed by atoms with Crippen LogP contribution in [-0.2, 0) is 0 Å². The molecule has 1 atom stereocenters. The third kappa shape index (κ3) is 3.22. The summed E-state index contributed by atoms with van der Waals surface area (Å²) in [4.78, 5) is 4.63. The molecular formula is C15H19N3OS. The van der Waals surface area contributed by atoms with Crippen molar-refractivity contribution in [1.82, 2.24) is 4.98 Å². The van der Waals surface area contributed by atoms with Crippen molar-refractivity contribution in [2.45, 2.75) is 25.3 Å². The number of pyridine rings is 1. The number of oxime groups is 1. The zero-order valence-electron chi connectivity index (χ0n) is 11.7. The minimum Gasteiger partial charge on any atom is -0.409 e. The quantitative estimate of drug-likeness (QED) is 0.291. The first kappa shape index (κ1) is 14.7. The molecule has 0 aliphatic carbocycles. The molecule has 2 rings (SSSR count). The summed E-state index contributed by atoms with van der Waals surface area (Å²) in [5.41, 5.74) is 7.37. The van der Waals surface area contributed by atoms with Gasteiger partial charge in [-0.15, -0.1) is 11.8 Å². The number of fused-ring (bicyclic) bond motifs is 1. The van der Waals surface area contributed by atoms with Crippen LogP contribution in [0, 0.1) is 5.92 Å². The van der Waals surface area contributed by atoms with Gasteiger partial charge < -0.3 is 10.9 Å². The van der Waals surface area contributed by atoms with E-state index in [0.29, 0.717) is 5.92 Å². The maximum Gasteiger partial charge on any atom is 0.170 e. The fourth-order valence-corrected chi connectivity index (χ4v) is 2.89. The second-order valence-corrected chi connectivity index (χ2v) is 5.88. The smallest absolute Gasteiger partial charge is 0.170 e. The van der Waals surface area contributed by atoms with Gasteiger partial charge in [0.05, 0.1) is 10.5 Å². The van der Waals surface area contributed by atoms with E-state index in [1.165, 1.54) is 0 Å². The van der Waals surface area contributed by atoms with Gasteiger partial charge in [-0.2, -0.15) is 0 Å². The predicted octanol–water partition coefficient (Wildman–Crippen LogP) is 3.47. The monoisotopic (exact) mass is 289 g/mol. The van der Waals surface area contributed by atoms with Gasteiger partial charge in [-0.3, -0.25) is 0 Å². The molecule has 0 saturated heterocycles. The Morgan fingerprint density at radius 1 is 1.45 bits per heavy atom. The number of thioether (sulfide) groups is 1. The predicted molar refractivity (Wildman–Crippen MR) is 84.4 cm³/mol. The van der Waals surface area contributed by atoms with E-state index >= 15 is 0 Å². The third-order valence-corrected chi connectivity index (χ3v) is 4.53. The van der Waals surface area contributed by atoms with Crippen LogP contribution in [0.1, 0.15) is 25.8 Å². The molecule has 0 bridgehead atoms. The number of aromatic nitrogens is 1. The Hall–Kier alpha value is -1.75. The highest BCUT2D eigenvalue weighted by Crippen LogP contribution is 2.26. The van der Waals surface area contributed by atoms with Crippen molar-refractivity contribution >= 4 is 28.5 Å². The van der Waals surface area contributed by atoms with Crippen LogP contribution in [0.25, 0.3) is 10.9 Å². The van der Waals surface area contributed by atoms with Crippen molar-refractivity contribution in [3.8, 4) is 0 Å². The average molecular weight is 289 g/mol. The van der Waals surface area contributed by atoms with Crippen LogP contribution in [0.15, 0.2) is 40.5 Å². The van der Waals surface area contributed by atoms with E-state index in [9.17, 15) is 0 Å². The molecule has 2 aromatic rings. The van der Waals surface area contributed by atoms with E-state index in [1.807, 2.05) is 30.3 Å². The molecule has 0 radical (unpaired) electrons. The van der Waals surface area contributed by atoms with Crippen molar-refractivity contribution in [2.24, 2.45) is 16.8 Å². The summed E-state index contributed by atoms with van der Waals surface area (Å²) in [7, 11) is 0. The van der Waals surface area contributed by atoms with Gasteiger partial charge in [-0.05, 0) is 18.1 Å². The normalized spacial score (nSPS) is 13.6. The molecule has 0 aliphatic heterocycles. The van der Waals surface area contributed by atoms with Gasteiger partial charge in [0.25, 0.3) is 0 Å². The molecule has 0 saturated carbocycles. The van der Waals surface area contributed by atoms with Gasteiger partial charge in [-0.1, -0.05) is 43.6 Å². The van der Waals surface area contributed by atoms with E-state index in [0.717, 1.165) is 33.7 Å². The van der Waals surface area contributed by atoms with E-state index in [4.69, 9.17) is 10.9 Å². The Kier molecular flexibility index (Phi) is 4.84. The molecule has 0 spiro atoms. The lowest BCUT2D eigenvalue weighted by Crippen LogP contribution is -2.14. The number of hydrogen-bond donors (Lipinski definition) is 2. The minimum atomic E-state index is 0.119. The highest BCUT2D eigenvalue weighted by molar-refractivity contribution is 7.99. The Bertz CT molecular complexity index is 628. The third-order valence-electron chi connectivity index (χ3n) is 3.29. The van der Waals surface area contributed by atoms with Gasteiger partial charge in [0.15, 0.2) is 5.84 Å². The Labute approximate surface area is 123 Å². The van der Waals surface area contributed by atoms with Gasteiger partial charge in [0, 0.05) is 16.7 Å². The number of rotatable bonds is 5. The second kappa shape index (κ2) is 6.61. The molecule has 1 unspecified atom stereocenters. The summed E-state index contributed by atoms with van der Waals surface area (Å²) in [6, 6.07) is 9.62. The summed E-state index contributed by atoms with van der Waals surface area (Å²) < 4.78 is 0. The first-order chi connectivity index (χ1) is 9.65. The van der Waals surface area contributed by atoms with Crippen molar-refractivity contribution in [1.29, 1.82) is 0 Å². The summed E-state index contributed by atoms with van der Waals surface area (Å²) >= 11 is 1.71. The number of para-hydroxylation sites is 1. The van der Waals surface area contributed by atoms with Crippen molar-refractivity contribution in [2.75, 3.05) is 5.75 Å². The molecule has 1 aromatic carbocycles. The average Bonchev–Trinajstić information content (AvgIpc) is 2.50. The van der Waals surface area contributed by atoms with Gasteiger partial charge in [-0.25, -0.2) is 4.98 Å². The molecule has 0 aliphatic rings. The van der Waals surface area contributed by atoms with Crippen molar-refractivity contribution in [3.05, 3.63) is 35.9 Å². The molecule has 0 amide bonds. The van der Waals surface area contributed by atoms with Crippen LogP contribution in [0.2, 0.25) is 0 Å². The first-order valence-electron chi connectivity index (χ1n) is 6.66. The maximum atomic E-state index is 8.93. The van der Waals surface area contributed by atoms with Crippen LogP contribution in [0.5, 0.6) is 0 Å². The summed E-state index contributed by atoms with van der Waals surface area (Å²) in [6.45, 7) is 4.40.